The van der Waals surface area contributed by atoms with E-state index in [9.17, 15) is 16.8 Å². The second kappa shape index (κ2) is 9.57. The van der Waals surface area contributed by atoms with Crippen LogP contribution in [-0.2, 0) is 19.9 Å². The molecule has 2 aliphatic heterocycles. The number of guanidine groups is 1. The average molecular weight is 537 g/mol. The van der Waals surface area contributed by atoms with Crippen molar-refractivity contribution in [3.8, 4) is 0 Å². The Labute approximate surface area is 181 Å². The first-order valence-corrected chi connectivity index (χ1v) is 12.7. The molecule has 2 saturated heterocycles. The van der Waals surface area contributed by atoms with Gasteiger partial charge in [0.15, 0.2) is 15.8 Å². The van der Waals surface area contributed by atoms with E-state index in [0.29, 0.717) is 38.6 Å². The fraction of sp³-hybridized carbons (Fsp3) is 0.938. The molecule has 160 valence electrons. The fourth-order valence-corrected chi connectivity index (χ4v) is 5.63. The minimum Gasteiger partial charge on any atom is -0.357 e. The van der Waals surface area contributed by atoms with Gasteiger partial charge in [0, 0.05) is 39.3 Å². The summed E-state index contributed by atoms with van der Waals surface area (Å²) in [6.07, 6.45) is 2.85. The van der Waals surface area contributed by atoms with E-state index in [0.717, 1.165) is 25.3 Å². The van der Waals surface area contributed by atoms with Gasteiger partial charge in [-0.3, -0.25) is 4.99 Å². The molecule has 0 saturated carbocycles. The summed E-state index contributed by atoms with van der Waals surface area (Å²) in [7, 11) is -6.20. The zero-order chi connectivity index (χ0) is 19.6. The largest absolute Gasteiger partial charge is 0.357 e. The van der Waals surface area contributed by atoms with E-state index in [1.54, 1.807) is 13.8 Å². The number of hydrogen-bond donors (Lipinski definition) is 1. The predicted molar refractivity (Wildman–Crippen MR) is 120 cm³/mol. The molecule has 0 bridgehead atoms. The number of sulfonamides is 1. The lowest BCUT2D eigenvalue weighted by Gasteiger charge is -2.39. The number of halogens is 1. The van der Waals surface area contributed by atoms with Crippen molar-refractivity contribution in [2.75, 3.05) is 51.3 Å². The Hall–Kier alpha value is -0.140. The zero-order valence-electron chi connectivity index (χ0n) is 16.6. The molecule has 2 aliphatic rings. The van der Waals surface area contributed by atoms with Gasteiger partial charge in [0.05, 0.1) is 16.8 Å². The third-order valence-electron chi connectivity index (χ3n) is 5.22. The van der Waals surface area contributed by atoms with Crippen molar-refractivity contribution in [3.63, 3.8) is 0 Å². The lowest BCUT2D eigenvalue weighted by Crippen LogP contribution is -2.57. The number of piperidine rings is 1. The summed E-state index contributed by atoms with van der Waals surface area (Å²) in [5, 5.41) is 3.26. The maximum Gasteiger partial charge on any atom is 0.211 e. The lowest BCUT2D eigenvalue weighted by atomic mass is 9.98. The highest BCUT2D eigenvalue weighted by Crippen LogP contribution is 2.24. The van der Waals surface area contributed by atoms with Gasteiger partial charge in [-0.1, -0.05) is 0 Å². The molecule has 2 heterocycles. The summed E-state index contributed by atoms with van der Waals surface area (Å²) in [5.41, 5.74) is 0. The Morgan fingerprint density at radius 2 is 1.81 bits per heavy atom. The monoisotopic (exact) mass is 536 g/mol. The molecule has 0 spiro atoms. The van der Waals surface area contributed by atoms with Gasteiger partial charge >= 0.3 is 0 Å². The fourth-order valence-electron chi connectivity index (χ4n) is 3.39. The molecule has 2 rings (SSSR count). The molecule has 0 amide bonds. The van der Waals surface area contributed by atoms with Gasteiger partial charge in [0.1, 0.15) is 0 Å². The average Bonchev–Trinajstić information content (AvgIpc) is 2.54. The van der Waals surface area contributed by atoms with Crippen LogP contribution in [0.2, 0.25) is 0 Å². The SMILES string of the molecule is CCNC(=NCC1CCN(S(C)(=O)=O)CC1)N1CCS(=O)(=O)C(C)(C)C1.I. The first kappa shape index (κ1) is 24.9. The van der Waals surface area contributed by atoms with E-state index < -0.39 is 24.6 Å². The van der Waals surface area contributed by atoms with Crippen LogP contribution in [0.3, 0.4) is 0 Å². The van der Waals surface area contributed by atoms with Gasteiger partial charge in [-0.15, -0.1) is 24.0 Å². The highest BCUT2D eigenvalue weighted by atomic mass is 127. The smallest absolute Gasteiger partial charge is 0.211 e. The second-order valence-electron chi connectivity index (χ2n) is 7.80. The van der Waals surface area contributed by atoms with Crippen molar-refractivity contribution < 1.29 is 16.8 Å². The third kappa shape index (κ3) is 6.43. The maximum absolute atomic E-state index is 12.2. The number of sulfone groups is 1. The highest BCUT2D eigenvalue weighted by molar-refractivity contribution is 14.0. The molecule has 0 unspecified atom stereocenters. The van der Waals surface area contributed by atoms with E-state index in [2.05, 4.69) is 5.32 Å². The molecule has 0 aromatic carbocycles. The van der Waals surface area contributed by atoms with Crippen LogP contribution in [0.1, 0.15) is 33.6 Å². The molecule has 0 aromatic rings. The lowest BCUT2D eigenvalue weighted by molar-refractivity contribution is 0.278. The van der Waals surface area contributed by atoms with Crippen LogP contribution in [0.25, 0.3) is 0 Å². The number of nitrogens with zero attached hydrogens (tertiary/aromatic N) is 3. The van der Waals surface area contributed by atoms with Gasteiger partial charge in [-0.05, 0) is 39.5 Å². The topological polar surface area (TPSA) is 99.2 Å². The summed E-state index contributed by atoms with van der Waals surface area (Å²) in [6, 6.07) is 0. The van der Waals surface area contributed by atoms with Crippen LogP contribution < -0.4 is 5.32 Å². The highest BCUT2D eigenvalue weighted by Gasteiger charge is 2.41. The van der Waals surface area contributed by atoms with Crippen molar-refractivity contribution in [2.24, 2.45) is 10.9 Å². The van der Waals surface area contributed by atoms with Gasteiger partial charge in [0.25, 0.3) is 0 Å². The Bertz CT molecular complexity index is 730. The number of hydrogen-bond acceptors (Lipinski definition) is 5. The summed E-state index contributed by atoms with van der Waals surface area (Å²) >= 11 is 0. The molecule has 0 radical (unpaired) electrons. The van der Waals surface area contributed by atoms with E-state index in [1.807, 2.05) is 11.8 Å². The quantitative estimate of drug-likeness (QED) is 0.324. The van der Waals surface area contributed by atoms with Crippen LogP contribution in [0.5, 0.6) is 0 Å². The van der Waals surface area contributed by atoms with Crippen LogP contribution in [0, 0.1) is 5.92 Å². The molecule has 0 aliphatic carbocycles. The van der Waals surface area contributed by atoms with Crippen molar-refractivity contribution in [1.82, 2.24) is 14.5 Å². The molecular weight excluding hydrogens is 503 g/mol. The van der Waals surface area contributed by atoms with Crippen LogP contribution in [0.4, 0.5) is 0 Å². The summed E-state index contributed by atoms with van der Waals surface area (Å²) in [5.74, 6) is 1.24. The minimum atomic E-state index is -3.11. The molecule has 2 fully saturated rings. The van der Waals surface area contributed by atoms with E-state index in [-0.39, 0.29) is 29.7 Å². The molecule has 0 aromatic heterocycles. The Kier molecular flexibility index (Phi) is 8.83. The van der Waals surface area contributed by atoms with Crippen LogP contribution in [-0.4, -0.2) is 88.0 Å². The Morgan fingerprint density at radius 1 is 1.22 bits per heavy atom. The molecule has 1 N–H and O–H groups in total. The van der Waals surface area contributed by atoms with Gasteiger partial charge in [-0.2, -0.15) is 0 Å². The first-order valence-electron chi connectivity index (χ1n) is 9.17. The first-order chi connectivity index (χ1) is 12.0. The summed E-state index contributed by atoms with van der Waals surface area (Å²) in [4.78, 5) is 6.75. The standard InChI is InChI=1S/C16H32N4O4S2.HI/c1-5-17-15(19-10-11-26(23,24)16(2,3)13-19)18-12-14-6-8-20(9-7-14)25(4,21)22;/h14H,5-13H2,1-4H3,(H,17,18);1H. The van der Waals surface area contributed by atoms with Crippen molar-refractivity contribution in [1.29, 1.82) is 0 Å². The predicted octanol–water partition coefficient (Wildman–Crippen LogP) is 0.751. The second-order valence-corrected chi connectivity index (χ2v) is 12.5. The summed E-state index contributed by atoms with van der Waals surface area (Å²) < 4.78 is 48.3. The third-order valence-corrected chi connectivity index (χ3v) is 9.06. The zero-order valence-corrected chi connectivity index (χ0v) is 20.6. The van der Waals surface area contributed by atoms with Crippen molar-refractivity contribution >= 4 is 49.8 Å². The molecule has 8 nitrogen and oxygen atoms in total. The minimum absolute atomic E-state index is 0. The van der Waals surface area contributed by atoms with Crippen LogP contribution >= 0.6 is 24.0 Å². The maximum atomic E-state index is 12.2. The van der Waals surface area contributed by atoms with E-state index in [4.69, 9.17) is 4.99 Å². The van der Waals surface area contributed by atoms with Crippen LogP contribution in [0.15, 0.2) is 4.99 Å². The van der Waals surface area contributed by atoms with Gasteiger partial charge < -0.3 is 10.2 Å². The van der Waals surface area contributed by atoms with E-state index >= 15 is 0 Å². The number of rotatable bonds is 4. The van der Waals surface area contributed by atoms with Gasteiger partial charge in [0.2, 0.25) is 10.0 Å². The Balaban J connectivity index is 0.00000364. The van der Waals surface area contributed by atoms with Crippen molar-refractivity contribution in [2.45, 2.75) is 38.4 Å². The molecule has 11 heteroatoms. The molecular formula is C16H33IN4O4S2. The molecule has 0 atom stereocenters. The van der Waals surface area contributed by atoms with Gasteiger partial charge in [-0.25, -0.2) is 21.1 Å². The summed E-state index contributed by atoms with van der Waals surface area (Å²) in [6.45, 7) is 8.83. The molecule has 27 heavy (non-hydrogen) atoms. The van der Waals surface area contributed by atoms with E-state index in [1.165, 1.54) is 10.6 Å². The Morgan fingerprint density at radius 3 is 2.30 bits per heavy atom. The number of aliphatic imine (C=N–C) groups is 1. The normalized spacial score (nSPS) is 24.3. The number of nitrogens with one attached hydrogen (secondary N) is 1. The van der Waals surface area contributed by atoms with Crippen molar-refractivity contribution in [3.05, 3.63) is 0 Å².